The van der Waals surface area contributed by atoms with Crippen LogP contribution in [0, 0.1) is 0 Å². The lowest BCUT2D eigenvalue weighted by Crippen LogP contribution is -2.11. The van der Waals surface area contributed by atoms with Gasteiger partial charge in [-0.25, -0.2) is 0 Å². The molecule has 0 spiro atoms. The number of unbranched alkanes of at least 4 members (excludes halogenated alkanes) is 10. The van der Waals surface area contributed by atoms with Crippen LogP contribution >= 0.6 is 0 Å². The first-order valence-corrected chi connectivity index (χ1v) is 15.6. The average molecular weight is 575 g/mol. The normalized spacial score (nSPS) is 10.9. The zero-order valence-electron chi connectivity index (χ0n) is 25.2. The summed E-state index contributed by atoms with van der Waals surface area (Å²) in [5.74, 6) is -0.416. The molecular weight excluding hydrogens is 528 g/mol. The molecule has 0 aromatic heterocycles. The van der Waals surface area contributed by atoms with E-state index < -0.39 is 11.6 Å². The predicted molar refractivity (Wildman–Crippen MR) is 167 cm³/mol. The molecule has 3 rings (SSSR count). The molecule has 42 heavy (non-hydrogen) atoms. The first-order chi connectivity index (χ1) is 20.5. The van der Waals surface area contributed by atoms with Crippen LogP contribution < -0.4 is 9.47 Å². The van der Waals surface area contributed by atoms with Crippen molar-refractivity contribution in [3.8, 4) is 23.0 Å². The van der Waals surface area contributed by atoms with Crippen LogP contribution in [-0.2, 0) is 0 Å². The van der Waals surface area contributed by atoms with E-state index in [1.54, 1.807) is 36.4 Å². The third kappa shape index (κ3) is 9.93. The van der Waals surface area contributed by atoms with Gasteiger partial charge in [-0.1, -0.05) is 102 Å². The van der Waals surface area contributed by atoms with Gasteiger partial charge in [-0.05, 0) is 37.1 Å². The summed E-state index contributed by atoms with van der Waals surface area (Å²) in [7, 11) is 0. The number of ether oxygens (including phenoxy) is 2. The average Bonchev–Trinajstić information content (AvgIpc) is 2.99. The van der Waals surface area contributed by atoms with Crippen LogP contribution in [0.2, 0.25) is 0 Å². The highest BCUT2D eigenvalue weighted by molar-refractivity contribution is 6.20. The second kappa shape index (κ2) is 17.9. The Bertz CT molecular complexity index is 1180. The molecule has 6 heteroatoms. The largest absolute Gasteiger partial charge is 0.507 e. The lowest BCUT2D eigenvalue weighted by Gasteiger charge is -2.12. The number of aromatic hydroxyl groups is 2. The van der Waals surface area contributed by atoms with Gasteiger partial charge in [-0.3, -0.25) is 9.59 Å². The number of phenols is 2. The molecule has 0 bridgehead atoms. The summed E-state index contributed by atoms with van der Waals surface area (Å²) in [6.45, 7) is 5.47. The van der Waals surface area contributed by atoms with E-state index >= 15 is 0 Å². The van der Waals surface area contributed by atoms with Crippen LogP contribution in [0.3, 0.4) is 0 Å². The molecule has 0 aliphatic rings. The molecule has 0 unspecified atom stereocenters. The maximum atomic E-state index is 13.5. The Hall–Kier alpha value is -3.80. The topological polar surface area (TPSA) is 93.1 Å². The van der Waals surface area contributed by atoms with E-state index in [0.717, 1.165) is 25.7 Å². The van der Waals surface area contributed by atoms with Crippen molar-refractivity contribution in [2.24, 2.45) is 0 Å². The smallest absolute Gasteiger partial charge is 0.197 e. The molecule has 0 amide bonds. The van der Waals surface area contributed by atoms with Crippen molar-refractivity contribution in [3.63, 3.8) is 0 Å². The fourth-order valence-corrected chi connectivity index (χ4v) is 4.90. The van der Waals surface area contributed by atoms with E-state index in [1.165, 1.54) is 75.6 Å². The van der Waals surface area contributed by atoms with E-state index in [4.69, 9.17) is 9.47 Å². The predicted octanol–water partition coefficient (Wildman–Crippen LogP) is 9.04. The maximum absolute atomic E-state index is 13.5. The highest BCUT2D eigenvalue weighted by Crippen LogP contribution is 2.30. The minimum absolute atomic E-state index is 0.0739. The monoisotopic (exact) mass is 574 g/mol. The fourth-order valence-electron chi connectivity index (χ4n) is 4.90. The molecule has 0 heterocycles. The molecule has 6 nitrogen and oxygen atoms in total. The van der Waals surface area contributed by atoms with Crippen LogP contribution in [0.15, 0.2) is 60.7 Å². The standard InChI is InChI=1S/C36H46O6/c1-3-5-7-9-11-15-23-41-27-19-21-31(33(37)25-27)35(39)29-17-13-14-18-30(29)36(40)32-22-20-28(26-34(32)38)42-24-16-12-10-8-6-4-2/h13-14,17-22,25-26,37-38H,3-12,15-16,23-24H2,1-2H3. The number of phenolic OH excluding ortho intramolecular Hbond substituents is 2. The van der Waals surface area contributed by atoms with Gasteiger partial charge in [0.15, 0.2) is 11.6 Å². The van der Waals surface area contributed by atoms with Gasteiger partial charge in [0.1, 0.15) is 23.0 Å². The molecule has 0 fully saturated rings. The Morgan fingerprint density at radius 2 is 0.905 bits per heavy atom. The van der Waals surface area contributed by atoms with Gasteiger partial charge in [-0.15, -0.1) is 0 Å². The minimum atomic E-state index is -0.489. The van der Waals surface area contributed by atoms with Crippen molar-refractivity contribution in [2.75, 3.05) is 13.2 Å². The van der Waals surface area contributed by atoms with Gasteiger partial charge in [0.05, 0.1) is 24.3 Å². The molecule has 0 aliphatic carbocycles. The number of carbonyl (C=O) groups excluding carboxylic acids is 2. The number of carbonyl (C=O) groups is 2. The van der Waals surface area contributed by atoms with E-state index in [9.17, 15) is 19.8 Å². The molecule has 3 aromatic rings. The minimum Gasteiger partial charge on any atom is -0.507 e. The van der Waals surface area contributed by atoms with Crippen LogP contribution in [-0.4, -0.2) is 35.0 Å². The van der Waals surface area contributed by atoms with E-state index in [-0.39, 0.29) is 33.8 Å². The summed E-state index contributed by atoms with van der Waals surface area (Å²) in [6.07, 6.45) is 13.8. The van der Waals surface area contributed by atoms with Crippen molar-refractivity contribution in [3.05, 3.63) is 82.9 Å². The third-order valence-corrected chi connectivity index (χ3v) is 7.38. The van der Waals surface area contributed by atoms with Gasteiger partial charge >= 0.3 is 0 Å². The number of hydrogen-bond acceptors (Lipinski definition) is 6. The first-order valence-electron chi connectivity index (χ1n) is 15.6. The summed E-state index contributed by atoms with van der Waals surface area (Å²) >= 11 is 0. The number of hydrogen-bond donors (Lipinski definition) is 2. The van der Waals surface area contributed by atoms with Gasteiger partial charge in [-0.2, -0.15) is 0 Å². The summed E-state index contributed by atoms with van der Waals surface area (Å²) in [5.41, 5.74) is 0.428. The lowest BCUT2D eigenvalue weighted by molar-refractivity contribution is 0.1000. The molecule has 0 saturated carbocycles. The van der Waals surface area contributed by atoms with Crippen LogP contribution in [0.25, 0.3) is 0 Å². The van der Waals surface area contributed by atoms with Gasteiger partial charge in [0.25, 0.3) is 0 Å². The fraction of sp³-hybridized carbons (Fsp3) is 0.444. The summed E-state index contributed by atoms with van der Waals surface area (Å²) in [6, 6.07) is 15.6. The van der Waals surface area contributed by atoms with Crippen molar-refractivity contribution in [2.45, 2.75) is 90.9 Å². The van der Waals surface area contributed by atoms with Crippen LogP contribution in [0.4, 0.5) is 0 Å². The van der Waals surface area contributed by atoms with E-state index in [1.807, 2.05) is 0 Å². The van der Waals surface area contributed by atoms with Crippen molar-refractivity contribution < 1.29 is 29.3 Å². The molecule has 0 aliphatic heterocycles. The zero-order valence-corrected chi connectivity index (χ0v) is 25.2. The highest BCUT2D eigenvalue weighted by atomic mass is 16.5. The van der Waals surface area contributed by atoms with Gasteiger partial charge < -0.3 is 19.7 Å². The van der Waals surface area contributed by atoms with Crippen molar-refractivity contribution >= 4 is 11.6 Å². The lowest BCUT2D eigenvalue weighted by atomic mass is 9.92. The van der Waals surface area contributed by atoms with E-state index in [2.05, 4.69) is 13.8 Å². The first kappa shape index (κ1) is 32.7. The Morgan fingerprint density at radius 1 is 0.524 bits per heavy atom. The Morgan fingerprint density at radius 3 is 1.29 bits per heavy atom. The molecular formula is C36H46O6. The quantitative estimate of drug-likeness (QED) is 0.103. The summed E-state index contributed by atoms with van der Waals surface area (Å²) in [5, 5.41) is 21.3. The Balaban J connectivity index is 1.63. The maximum Gasteiger partial charge on any atom is 0.197 e. The highest BCUT2D eigenvalue weighted by Gasteiger charge is 2.23. The molecule has 226 valence electrons. The van der Waals surface area contributed by atoms with Crippen molar-refractivity contribution in [1.82, 2.24) is 0 Å². The van der Waals surface area contributed by atoms with Crippen molar-refractivity contribution in [1.29, 1.82) is 0 Å². The number of rotatable bonds is 20. The summed E-state index contributed by atoms with van der Waals surface area (Å²) in [4.78, 5) is 26.9. The molecule has 0 radical (unpaired) electrons. The number of benzene rings is 3. The second-order valence-electron chi connectivity index (χ2n) is 10.8. The van der Waals surface area contributed by atoms with Crippen LogP contribution in [0.5, 0.6) is 23.0 Å². The second-order valence-corrected chi connectivity index (χ2v) is 10.8. The molecule has 0 saturated heterocycles. The van der Waals surface area contributed by atoms with Gasteiger partial charge in [0, 0.05) is 23.3 Å². The summed E-state index contributed by atoms with van der Waals surface area (Å²) < 4.78 is 11.5. The van der Waals surface area contributed by atoms with E-state index in [0.29, 0.717) is 24.7 Å². The molecule has 3 aromatic carbocycles. The molecule has 0 atom stereocenters. The zero-order chi connectivity index (χ0) is 30.2. The number of ketones is 2. The Labute approximate surface area is 250 Å². The van der Waals surface area contributed by atoms with Crippen LogP contribution in [0.1, 0.15) is 123 Å². The Kier molecular flexibility index (Phi) is 13.9. The SMILES string of the molecule is CCCCCCCCOc1ccc(C(=O)c2ccccc2C(=O)c2ccc(OCCCCCCCC)cc2O)c(O)c1. The van der Waals surface area contributed by atoms with Gasteiger partial charge in [0.2, 0.25) is 0 Å². The third-order valence-electron chi connectivity index (χ3n) is 7.38. The molecule has 2 N–H and O–H groups in total.